The van der Waals surface area contributed by atoms with Crippen LogP contribution in [0, 0.1) is 0 Å². The van der Waals surface area contributed by atoms with Crippen molar-refractivity contribution in [1.29, 1.82) is 0 Å². The molecule has 0 spiro atoms. The van der Waals surface area contributed by atoms with Crippen LogP contribution in [-0.2, 0) is 10.8 Å². The van der Waals surface area contributed by atoms with E-state index in [1.54, 1.807) is 0 Å². The smallest absolute Gasteiger partial charge is 0.333 e. The maximum absolute atomic E-state index is 2.76. The molecule has 0 N–H and O–H groups in total. The maximum atomic E-state index is 2.76. The second-order valence-electron chi connectivity index (χ2n) is 19.5. The number of hydrogen-bond acceptors (Lipinski definition) is 3. The summed E-state index contributed by atoms with van der Waals surface area (Å²) in [6.45, 7) is 4.76. The van der Waals surface area contributed by atoms with Crippen LogP contribution in [0.4, 0.5) is 28.4 Å². The van der Waals surface area contributed by atoms with Crippen molar-refractivity contribution in [2.45, 2.75) is 24.7 Å². The Morgan fingerprint density at radius 3 is 1.85 bits per heavy atom. The standard InChI is InChI=1S/C64H43BN2S/c1-63(2)50-29-14-12-26-44(50)48-39-49-45-37-36-41(40-20-6-3-7-21-40)38-56(45)67(55-34-18-28-47-46-27-13-17-35-57(46)68-62(47)55)65-53-32-19-31-52-60(53)66(61(58(48)63)59(49)65)54-33-16-15-30-51(54)64(52,42-22-8-4-9-23-42)43-24-10-5-11-25-43/h3-39H,1-2H3. The Kier molecular flexibility index (Phi) is 7.77. The highest BCUT2D eigenvalue weighted by Gasteiger charge is 2.55. The molecule has 15 rings (SSSR count). The molecule has 1 aliphatic carbocycles. The second kappa shape index (κ2) is 13.8. The van der Waals surface area contributed by atoms with Gasteiger partial charge in [0, 0.05) is 49.2 Å². The minimum Gasteiger partial charge on any atom is -0.375 e. The fourth-order valence-electron chi connectivity index (χ4n) is 13.2. The molecule has 0 atom stereocenters. The van der Waals surface area contributed by atoms with E-state index in [9.17, 15) is 0 Å². The molecule has 0 saturated carbocycles. The Hall–Kier alpha value is -7.92. The van der Waals surface area contributed by atoms with E-state index in [-0.39, 0.29) is 12.3 Å². The molecule has 2 nitrogen and oxygen atoms in total. The highest BCUT2D eigenvalue weighted by molar-refractivity contribution is 7.26. The number of rotatable bonds is 4. The van der Waals surface area contributed by atoms with Gasteiger partial charge in [0.15, 0.2) is 0 Å². The van der Waals surface area contributed by atoms with Crippen molar-refractivity contribution in [2.75, 3.05) is 9.71 Å². The van der Waals surface area contributed by atoms with Gasteiger partial charge >= 0.3 is 6.85 Å². The number of thiophene rings is 1. The van der Waals surface area contributed by atoms with Crippen molar-refractivity contribution in [1.82, 2.24) is 0 Å². The molecule has 0 radical (unpaired) electrons. The largest absolute Gasteiger partial charge is 0.375 e. The summed E-state index contributed by atoms with van der Waals surface area (Å²) >= 11 is 1.92. The zero-order valence-electron chi connectivity index (χ0n) is 37.7. The highest BCUT2D eigenvalue weighted by Crippen LogP contribution is 2.63. The average molecular weight is 883 g/mol. The van der Waals surface area contributed by atoms with Gasteiger partial charge < -0.3 is 9.71 Å². The molecule has 11 aromatic rings. The van der Waals surface area contributed by atoms with Crippen LogP contribution in [0.3, 0.4) is 0 Å². The molecule has 10 aromatic carbocycles. The number of para-hydroxylation sites is 2. The minimum atomic E-state index is -0.610. The van der Waals surface area contributed by atoms with Gasteiger partial charge in [0.05, 0.1) is 15.8 Å². The summed E-state index contributed by atoms with van der Waals surface area (Å²) in [5, 5.41) is 2.61. The van der Waals surface area contributed by atoms with Gasteiger partial charge in [-0.05, 0) is 102 Å². The van der Waals surface area contributed by atoms with Gasteiger partial charge in [0.1, 0.15) is 0 Å². The maximum Gasteiger partial charge on any atom is 0.333 e. The van der Waals surface area contributed by atoms with Crippen molar-refractivity contribution in [3.05, 3.63) is 258 Å². The third-order valence-corrected chi connectivity index (χ3v) is 17.1. The Balaban J connectivity index is 1.15. The first-order valence-electron chi connectivity index (χ1n) is 23.9. The van der Waals surface area contributed by atoms with Crippen LogP contribution in [0.15, 0.2) is 224 Å². The Morgan fingerprint density at radius 2 is 1.06 bits per heavy atom. The lowest BCUT2D eigenvalue weighted by Crippen LogP contribution is -2.63. The number of hydrogen-bond donors (Lipinski definition) is 0. The molecule has 1 aromatic heterocycles. The van der Waals surface area contributed by atoms with Gasteiger partial charge in [-0.15, -0.1) is 11.3 Å². The lowest BCUT2D eigenvalue weighted by Gasteiger charge is -2.53. The van der Waals surface area contributed by atoms with E-state index >= 15 is 0 Å². The SMILES string of the molecule is CC1(C)c2ccccc2-c2cc3c4c(c21)N1c2ccccc2C(c2ccccc2)(c2ccccc2)c2cccc(c21)B4N(c1cccc2c1sc1ccccc12)c1cc(-c2ccccc2)ccc1-3. The fourth-order valence-corrected chi connectivity index (χ4v) is 14.4. The molecule has 3 aliphatic heterocycles. The summed E-state index contributed by atoms with van der Waals surface area (Å²) in [5.41, 5.74) is 23.6. The zero-order chi connectivity index (χ0) is 44.9. The van der Waals surface area contributed by atoms with E-state index in [0.717, 1.165) is 0 Å². The number of anilines is 5. The summed E-state index contributed by atoms with van der Waals surface area (Å²) < 4.78 is 2.62. The molecular formula is C64H43BN2S. The van der Waals surface area contributed by atoms with Crippen LogP contribution in [0.1, 0.15) is 47.2 Å². The lowest BCUT2D eigenvalue weighted by molar-refractivity contribution is 0.660. The predicted molar refractivity (Wildman–Crippen MR) is 288 cm³/mol. The molecule has 0 saturated heterocycles. The van der Waals surface area contributed by atoms with Gasteiger partial charge in [0.25, 0.3) is 0 Å². The Labute approximate surface area is 401 Å². The van der Waals surface area contributed by atoms with Crippen LogP contribution >= 0.6 is 11.3 Å². The Bertz CT molecular complexity index is 3870. The number of nitrogens with zero attached hydrogens (tertiary/aromatic N) is 2. The van der Waals surface area contributed by atoms with Crippen LogP contribution < -0.4 is 20.6 Å². The molecule has 318 valence electrons. The van der Waals surface area contributed by atoms with Crippen LogP contribution in [-0.4, -0.2) is 6.85 Å². The highest BCUT2D eigenvalue weighted by atomic mass is 32.1. The van der Waals surface area contributed by atoms with E-state index < -0.39 is 5.41 Å². The molecule has 0 bridgehead atoms. The van der Waals surface area contributed by atoms with Gasteiger partial charge in [0.2, 0.25) is 0 Å². The van der Waals surface area contributed by atoms with E-state index in [2.05, 4.69) is 248 Å². The Morgan fingerprint density at radius 1 is 0.426 bits per heavy atom. The third-order valence-electron chi connectivity index (χ3n) is 15.9. The van der Waals surface area contributed by atoms with Gasteiger partial charge in [-0.25, -0.2) is 0 Å². The minimum absolute atomic E-state index is 0.167. The first-order chi connectivity index (χ1) is 33.5. The van der Waals surface area contributed by atoms with Gasteiger partial charge in [-0.1, -0.05) is 208 Å². The van der Waals surface area contributed by atoms with E-state index in [4.69, 9.17) is 0 Å². The van der Waals surface area contributed by atoms with Crippen molar-refractivity contribution in [3.63, 3.8) is 0 Å². The van der Waals surface area contributed by atoms with Crippen LogP contribution in [0.5, 0.6) is 0 Å². The van der Waals surface area contributed by atoms with Crippen LogP contribution in [0.2, 0.25) is 0 Å². The first-order valence-corrected chi connectivity index (χ1v) is 24.7. The third kappa shape index (κ3) is 4.82. The van der Waals surface area contributed by atoms with Crippen LogP contribution in [0.25, 0.3) is 53.6 Å². The van der Waals surface area contributed by atoms with Gasteiger partial charge in [-0.2, -0.15) is 0 Å². The van der Waals surface area contributed by atoms with Crippen molar-refractivity contribution < 1.29 is 0 Å². The molecule has 0 unspecified atom stereocenters. The predicted octanol–water partition coefficient (Wildman–Crippen LogP) is 15.4. The first kappa shape index (κ1) is 38.2. The quantitative estimate of drug-likeness (QED) is 0.163. The molecule has 0 fully saturated rings. The second-order valence-corrected chi connectivity index (χ2v) is 20.5. The summed E-state index contributed by atoms with van der Waals surface area (Å²) in [7, 11) is 0. The zero-order valence-corrected chi connectivity index (χ0v) is 38.6. The topological polar surface area (TPSA) is 6.48 Å². The summed E-state index contributed by atoms with van der Waals surface area (Å²) in [6, 6.07) is 85.0. The molecule has 0 amide bonds. The number of fused-ring (bicyclic) bond motifs is 13. The number of benzene rings is 10. The summed E-state index contributed by atoms with van der Waals surface area (Å²) in [5.74, 6) is 0. The molecule has 4 heterocycles. The monoisotopic (exact) mass is 882 g/mol. The average Bonchev–Trinajstić information content (AvgIpc) is 3.89. The summed E-state index contributed by atoms with van der Waals surface area (Å²) in [4.78, 5) is 5.49. The normalized spacial score (nSPS) is 15.1. The van der Waals surface area contributed by atoms with Crippen molar-refractivity contribution in [3.8, 4) is 33.4 Å². The molecule has 68 heavy (non-hydrogen) atoms. The fraction of sp³-hybridized carbons (Fsp3) is 0.0625. The molecule has 4 heteroatoms. The lowest BCUT2D eigenvalue weighted by atomic mass is 9.41. The van der Waals surface area contributed by atoms with Crippen molar-refractivity contribution in [2.24, 2.45) is 0 Å². The molecule has 4 aliphatic rings. The van der Waals surface area contributed by atoms with E-state index in [0.29, 0.717) is 0 Å². The van der Waals surface area contributed by atoms with E-state index in [1.807, 2.05) is 11.3 Å². The van der Waals surface area contributed by atoms with E-state index in [1.165, 1.54) is 126 Å². The summed E-state index contributed by atoms with van der Waals surface area (Å²) in [6.07, 6.45) is 0. The molecular weight excluding hydrogens is 840 g/mol. The van der Waals surface area contributed by atoms with Crippen molar-refractivity contribution >= 4 is 77.7 Å². The van der Waals surface area contributed by atoms with Gasteiger partial charge in [-0.3, -0.25) is 0 Å².